The van der Waals surface area contributed by atoms with Crippen molar-refractivity contribution in [1.82, 2.24) is 0 Å². The average molecular weight is 381 g/mol. The molecule has 2 heteroatoms. The van der Waals surface area contributed by atoms with Crippen molar-refractivity contribution >= 4 is 5.97 Å². The van der Waals surface area contributed by atoms with Crippen molar-refractivity contribution in [3.05, 3.63) is 70.3 Å². The van der Waals surface area contributed by atoms with Gasteiger partial charge < -0.3 is 4.74 Å². The van der Waals surface area contributed by atoms with Crippen LogP contribution in [0.15, 0.2) is 42.5 Å². The number of hydrogen-bond acceptors (Lipinski definition) is 2. The first-order valence-corrected chi connectivity index (χ1v) is 10.6. The maximum absolute atomic E-state index is 13.2. The molecule has 0 fully saturated rings. The Morgan fingerprint density at radius 3 is 1.82 bits per heavy atom. The molecule has 0 radical (unpaired) electrons. The molecule has 1 atom stereocenters. The Bertz CT molecular complexity index is 743. The largest absolute Gasteiger partial charge is 0.459 e. The molecule has 0 amide bonds. The van der Waals surface area contributed by atoms with E-state index in [9.17, 15) is 4.79 Å². The SMILES string of the molecule is CC(C)c1cc(C(C)C)c(C(=O)O[C@H](C)CCc2ccccc2)c(C(C)C)c1. The molecule has 2 nitrogen and oxygen atoms in total. The summed E-state index contributed by atoms with van der Waals surface area (Å²) in [6, 6.07) is 14.8. The number of carbonyl (C=O) groups excluding carboxylic acids is 1. The molecule has 0 spiro atoms. The molecule has 0 unspecified atom stereocenters. The first-order chi connectivity index (χ1) is 13.2. The van der Waals surface area contributed by atoms with Gasteiger partial charge in [-0.1, -0.05) is 84.0 Å². The van der Waals surface area contributed by atoms with Crippen molar-refractivity contribution in [2.75, 3.05) is 0 Å². The third-order valence-electron chi connectivity index (χ3n) is 5.33. The highest BCUT2D eigenvalue weighted by molar-refractivity contribution is 5.93. The number of benzene rings is 2. The molecule has 0 aromatic heterocycles. The van der Waals surface area contributed by atoms with E-state index in [0.717, 1.165) is 29.5 Å². The van der Waals surface area contributed by atoms with Crippen molar-refractivity contribution in [2.45, 2.75) is 85.2 Å². The van der Waals surface area contributed by atoms with Crippen LogP contribution in [0.1, 0.15) is 105 Å². The normalized spacial score (nSPS) is 12.6. The van der Waals surface area contributed by atoms with Crippen LogP contribution in [0.4, 0.5) is 0 Å². The van der Waals surface area contributed by atoms with Gasteiger partial charge in [0.25, 0.3) is 0 Å². The topological polar surface area (TPSA) is 26.3 Å². The van der Waals surface area contributed by atoms with Crippen molar-refractivity contribution in [3.63, 3.8) is 0 Å². The molecule has 2 aromatic carbocycles. The predicted molar refractivity (Wildman–Crippen MR) is 118 cm³/mol. The minimum Gasteiger partial charge on any atom is -0.459 e. The van der Waals surface area contributed by atoms with Gasteiger partial charge in [0, 0.05) is 0 Å². The Balaban J connectivity index is 2.25. The third kappa shape index (κ3) is 5.70. The van der Waals surface area contributed by atoms with E-state index in [4.69, 9.17) is 4.74 Å². The van der Waals surface area contributed by atoms with E-state index >= 15 is 0 Å². The molecule has 152 valence electrons. The summed E-state index contributed by atoms with van der Waals surface area (Å²) < 4.78 is 5.90. The van der Waals surface area contributed by atoms with E-state index in [1.54, 1.807) is 0 Å². The molecule has 0 aliphatic carbocycles. The molecule has 0 aliphatic rings. The fourth-order valence-electron chi connectivity index (χ4n) is 3.51. The van der Waals surface area contributed by atoms with Crippen LogP contribution in [0.5, 0.6) is 0 Å². The first-order valence-electron chi connectivity index (χ1n) is 10.6. The molecule has 2 aromatic rings. The number of esters is 1. The van der Waals surface area contributed by atoms with Gasteiger partial charge in [0.1, 0.15) is 0 Å². The van der Waals surface area contributed by atoms with Crippen molar-refractivity contribution < 1.29 is 9.53 Å². The first kappa shape index (κ1) is 22.2. The molecular formula is C26H36O2. The van der Waals surface area contributed by atoms with Crippen LogP contribution in [0.2, 0.25) is 0 Å². The quantitative estimate of drug-likeness (QED) is 0.451. The molecule has 0 saturated heterocycles. The summed E-state index contributed by atoms with van der Waals surface area (Å²) in [7, 11) is 0. The summed E-state index contributed by atoms with van der Waals surface area (Å²) in [6.45, 7) is 15.0. The zero-order valence-corrected chi connectivity index (χ0v) is 18.6. The van der Waals surface area contributed by atoms with Crippen molar-refractivity contribution in [3.8, 4) is 0 Å². The Morgan fingerprint density at radius 2 is 1.36 bits per heavy atom. The maximum Gasteiger partial charge on any atom is 0.338 e. The lowest BCUT2D eigenvalue weighted by atomic mass is 9.84. The van der Waals surface area contributed by atoms with Gasteiger partial charge in [0.05, 0.1) is 11.7 Å². The van der Waals surface area contributed by atoms with Crippen molar-refractivity contribution in [1.29, 1.82) is 0 Å². The van der Waals surface area contributed by atoms with Crippen LogP contribution in [0.3, 0.4) is 0 Å². The van der Waals surface area contributed by atoms with Gasteiger partial charge >= 0.3 is 5.97 Å². The second kappa shape index (κ2) is 9.91. The smallest absolute Gasteiger partial charge is 0.338 e. The number of carbonyl (C=O) groups is 1. The lowest BCUT2D eigenvalue weighted by Gasteiger charge is -2.23. The van der Waals surface area contributed by atoms with Gasteiger partial charge in [0.15, 0.2) is 0 Å². The minimum atomic E-state index is -0.178. The number of ether oxygens (including phenoxy) is 1. The van der Waals surface area contributed by atoms with Crippen LogP contribution < -0.4 is 0 Å². The summed E-state index contributed by atoms with van der Waals surface area (Å²) in [5.74, 6) is 0.810. The van der Waals surface area contributed by atoms with Crippen LogP contribution in [-0.4, -0.2) is 12.1 Å². The summed E-state index contributed by atoms with van der Waals surface area (Å²) >= 11 is 0. The second-order valence-electron chi connectivity index (χ2n) is 8.78. The van der Waals surface area contributed by atoms with Gasteiger partial charge in [-0.2, -0.15) is 0 Å². The highest BCUT2D eigenvalue weighted by atomic mass is 16.5. The van der Waals surface area contributed by atoms with Crippen LogP contribution in [0.25, 0.3) is 0 Å². The summed E-state index contributed by atoms with van der Waals surface area (Å²) in [4.78, 5) is 13.2. The standard InChI is InChI=1S/C26H36O2/c1-17(2)22-15-23(18(3)4)25(24(16-22)19(5)6)26(27)28-20(7)13-14-21-11-9-8-10-12-21/h8-12,15-20H,13-14H2,1-7H3/t20-/m1/s1. The van der Waals surface area contributed by atoms with E-state index in [1.165, 1.54) is 11.1 Å². The highest BCUT2D eigenvalue weighted by Crippen LogP contribution is 2.33. The number of hydrogen-bond donors (Lipinski definition) is 0. The van der Waals surface area contributed by atoms with E-state index in [2.05, 4.69) is 65.8 Å². The lowest BCUT2D eigenvalue weighted by molar-refractivity contribution is 0.0322. The van der Waals surface area contributed by atoms with Crippen LogP contribution in [0, 0.1) is 0 Å². The molecule has 0 bridgehead atoms. The van der Waals surface area contributed by atoms with Crippen molar-refractivity contribution in [2.24, 2.45) is 0 Å². The fourth-order valence-corrected chi connectivity index (χ4v) is 3.51. The number of rotatable bonds is 8. The van der Waals surface area contributed by atoms with E-state index in [0.29, 0.717) is 5.92 Å². The average Bonchev–Trinajstić information content (AvgIpc) is 2.65. The van der Waals surface area contributed by atoms with Crippen LogP contribution >= 0.6 is 0 Å². The molecule has 28 heavy (non-hydrogen) atoms. The third-order valence-corrected chi connectivity index (χ3v) is 5.33. The Labute approximate surface area is 171 Å². The van der Waals surface area contributed by atoms with Gasteiger partial charge in [0.2, 0.25) is 0 Å². The van der Waals surface area contributed by atoms with E-state index < -0.39 is 0 Å². The maximum atomic E-state index is 13.2. The van der Waals surface area contributed by atoms with Gasteiger partial charge in [-0.05, 0) is 59.8 Å². The van der Waals surface area contributed by atoms with Gasteiger partial charge in [-0.3, -0.25) is 0 Å². The van der Waals surface area contributed by atoms with Gasteiger partial charge in [-0.15, -0.1) is 0 Å². The fraction of sp³-hybridized carbons (Fsp3) is 0.500. The second-order valence-corrected chi connectivity index (χ2v) is 8.78. The summed E-state index contributed by atoms with van der Waals surface area (Å²) in [5.41, 5.74) is 5.56. The zero-order valence-electron chi connectivity index (χ0n) is 18.6. The molecule has 0 heterocycles. The Kier molecular flexibility index (Phi) is 7.86. The van der Waals surface area contributed by atoms with Crippen LogP contribution in [-0.2, 0) is 11.2 Å². The summed E-state index contributed by atoms with van der Waals surface area (Å²) in [5, 5.41) is 0. The monoisotopic (exact) mass is 380 g/mol. The molecular weight excluding hydrogens is 344 g/mol. The minimum absolute atomic E-state index is 0.113. The zero-order chi connectivity index (χ0) is 20.8. The van der Waals surface area contributed by atoms with E-state index in [1.807, 2.05) is 25.1 Å². The molecule has 2 rings (SSSR count). The number of aryl methyl sites for hydroxylation is 1. The lowest BCUT2D eigenvalue weighted by Crippen LogP contribution is -2.20. The molecule has 0 aliphatic heterocycles. The Morgan fingerprint density at radius 1 is 0.821 bits per heavy atom. The highest BCUT2D eigenvalue weighted by Gasteiger charge is 2.24. The Hall–Kier alpha value is -2.09. The predicted octanol–water partition coefficient (Wildman–Crippen LogP) is 7.23. The molecule has 0 N–H and O–H groups in total. The van der Waals surface area contributed by atoms with Gasteiger partial charge in [-0.25, -0.2) is 4.79 Å². The molecule has 0 saturated carbocycles. The van der Waals surface area contributed by atoms with E-state index in [-0.39, 0.29) is 23.9 Å². The summed E-state index contributed by atoms with van der Waals surface area (Å²) in [6.07, 6.45) is 1.63.